The number of carbonyl (C=O) groups is 1. The fraction of sp³-hybridized carbons (Fsp3) is 0.417. The quantitative estimate of drug-likeness (QED) is 0.567. The molecule has 8 nitrogen and oxygen atoms in total. The van der Waals surface area contributed by atoms with Gasteiger partial charge in [0.2, 0.25) is 5.75 Å². The summed E-state index contributed by atoms with van der Waals surface area (Å²) < 4.78 is 21.5. The van der Waals surface area contributed by atoms with Crippen LogP contribution in [0.3, 0.4) is 0 Å². The van der Waals surface area contributed by atoms with Gasteiger partial charge < -0.3 is 24.3 Å². The number of thiocarbonyl (C=S) groups is 1. The number of hydrogen-bond donors (Lipinski definition) is 2. The summed E-state index contributed by atoms with van der Waals surface area (Å²) >= 11 is 5.47. The van der Waals surface area contributed by atoms with Crippen molar-refractivity contribution in [3.63, 3.8) is 0 Å². The van der Waals surface area contributed by atoms with Gasteiger partial charge in [-0.1, -0.05) is 30.3 Å². The van der Waals surface area contributed by atoms with Crippen molar-refractivity contribution in [1.82, 2.24) is 15.5 Å². The van der Waals surface area contributed by atoms with E-state index >= 15 is 0 Å². The minimum atomic E-state index is -0.374. The van der Waals surface area contributed by atoms with Crippen LogP contribution >= 0.6 is 12.2 Å². The second kappa shape index (κ2) is 11.8. The van der Waals surface area contributed by atoms with E-state index in [1.807, 2.05) is 18.2 Å². The van der Waals surface area contributed by atoms with Crippen LogP contribution in [0.25, 0.3) is 0 Å². The standard InChI is InChI=1S/C24H31N3O5S/c1-16(21(17-8-6-5-7-9-17)27-10-12-32-13-11-27)25-24(33)26-23(28)18-14-19(29-2)22(31-4)20(15-18)30-3/h5-9,14-16,21H,10-13H2,1-4H3,(H2,25,26,28,33). The molecule has 0 spiro atoms. The normalized spacial score (nSPS) is 15.8. The molecule has 178 valence electrons. The number of carbonyl (C=O) groups excluding carboxylic acids is 1. The smallest absolute Gasteiger partial charge is 0.257 e. The van der Waals surface area contributed by atoms with Crippen LogP contribution in [-0.2, 0) is 4.74 Å². The molecule has 2 atom stereocenters. The van der Waals surface area contributed by atoms with Crippen molar-refractivity contribution in [2.75, 3.05) is 47.6 Å². The summed E-state index contributed by atoms with van der Waals surface area (Å²) in [6, 6.07) is 13.5. The molecule has 3 rings (SSSR count). The highest BCUT2D eigenvalue weighted by atomic mass is 32.1. The summed E-state index contributed by atoms with van der Waals surface area (Å²) in [5.41, 5.74) is 1.52. The van der Waals surface area contributed by atoms with Gasteiger partial charge in [0.05, 0.1) is 40.6 Å². The van der Waals surface area contributed by atoms with Crippen LogP contribution in [0.5, 0.6) is 17.2 Å². The van der Waals surface area contributed by atoms with Gasteiger partial charge in [0.25, 0.3) is 5.91 Å². The molecule has 0 saturated carbocycles. The Morgan fingerprint density at radius 1 is 1.03 bits per heavy atom. The molecule has 1 saturated heterocycles. The Morgan fingerprint density at radius 3 is 2.18 bits per heavy atom. The van der Waals surface area contributed by atoms with E-state index in [0.29, 0.717) is 36.0 Å². The predicted octanol–water partition coefficient (Wildman–Crippen LogP) is 2.78. The van der Waals surface area contributed by atoms with E-state index in [0.717, 1.165) is 13.1 Å². The monoisotopic (exact) mass is 473 g/mol. The molecule has 2 aromatic rings. The molecule has 1 heterocycles. The van der Waals surface area contributed by atoms with E-state index in [2.05, 4.69) is 34.6 Å². The maximum absolute atomic E-state index is 12.9. The lowest BCUT2D eigenvalue weighted by atomic mass is 9.98. The number of morpholine rings is 1. The molecule has 9 heteroatoms. The zero-order chi connectivity index (χ0) is 23.8. The molecule has 0 aliphatic carbocycles. The number of benzene rings is 2. The first-order chi connectivity index (χ1) is 16.0. The molecule has 1 fully saturated rings. The van der Waals surface area contributed by atoms with Crippen molar-refractivity contribution < 1.29 is 23.7 Å². The third-order valence-electron chi connectivity index (χ3n) is 5.57. The summed E-state index contributed by atoms with van der Waals surface area (Å²) in [7, 11) is 4.52. The zero-order valence-corrected chi connectivity index (χ0v) is 20.2. The van der Waals surface area contributed by atoms with Gasteiger partial charge in [-0.25, -0.2) is 0 Å². The van der Waals surface area contributed by atoms with E-state index in [9.17, 15) is 4.79 Å². The number of hydrogen-bond acceptors (Lipinski definition) is 7. The number of nitrogens with zero attached hydrogens (tertiary/aromatic N) is 1. The predicted molar refractivity (Wildman–Crippen MR) is 130 cm³/mol. The van der Waals surface area contributed by atoms with E-state index in [1.165, 1.54) is 26.9 Å². The van der Waals surface area contributed by atoms with Crippen LogP contribution in [0.4, 0.5) is 0 Å². The van der Waals surface area contributed by atoms with Crippen molar-refractivity contribution in [1.29, 1.82) is 0 Å². The van der Waals surface area contributed by atoms with Gasteiger partial charge in [-0.2, -0.15) is 0 Å². The Kier molecular flexibility index (Phi) is 8.87. The third kappa shape index (κ3) is 6.13. The Morgan fingerprint density at radius 2 is 1.64 bits per heavy atom. The maximum atomic E-state index is 12.9. The van der Waals surface area contributed by atoms with Crippen LogP contribution in [0.2, 0.25) is 0 Å². The molecule has 2 unspecified atom stereocenters. The summed E-state index contributed by atoms with van der Waals surface area (Å²) in [4.78, 5) is 15.3. The Bertz CT molecular complexity index is 925. The van der Waals surface area contributed by atoms with Crippen LogP contribution in [0, 0.1) is 0 Å². The van der Waals surface area contributed by atoms with Gasteiger partial charge in [-0.3, -0.25) is 15.0 Å². The average Bonchev–Trinajstić information content (AvgIpc) is 2.84. The average molecular weight is 474 g/mol. The molecular weight excluding hydrogens is 442 g/mol. The van der Waals surface area contributed by atoms with Gasteiger partial charge in [0, 0.05) is 24.7 Å². The second-order valence-corrected chi connectivity index (χ2v) is 8.04. The number of methoxy groups -OCH3 is 3. The van der Waals surface area contributed by atoms with E-state index in [-0.39, 0.29) is 23.1 Å². The van der Waals surface area contributed by atoms with Crippen molar-refractivity contribution in [3.05, 3.63) is 53.6 Å². The zero-order valence-electron chi connectivity index (χ0n) is 19.4. The lowest BCUT2D eigenvalue weighted by Gasteiger charge is -2.38. The molecule has 2 N–H and O–H groups in total. The molecular formula is C24H31N3O5S. The summed E-state index contributed by atoms with van der Waals surface area (Å²) in [6.45, 7) is 5.11. The van der Waals surface area contributed by atoms with Crippen LogP contribution in [-0.4, -0.2) is 69.6 Å². The molecule has 0 bridgehead atoms. The maximum Gasteiger partial charge on any atom is 0.257 e. The van der Waals surface area contributed by atoms with Gasteiger partial charge in [0.15, 0.2) is 16.6 Å². The summed E-state index contributed by atoms with van der Waals surface area (Å²) in [5, 5.41) is 6.29. The van der Waals surface area contributed by atoms with Crippen molar-refractivity contribution in [3.8, 4) is 17.2 Å². The first-order valence-electron chi connectivity index (χ1n) is 10.8. The molecule has 1 amide bonds. The summed E-state index contributed by atoms with van der Waals surface area (Å²) in [5.74, 6) is 0.833. The Balaban J connectivity index is 1.72. The van der Waals surface area contributed by atoms with Gasteiger partial charge in [-0.05, 0) is 36.8 Å². The first-order valence-corrected chi connectivity index (χ1v) is 11.2. The lowest BCUT2D eigenvalue weighted by molar-refractivity contribution is 0.0102. The number of ether oxygens (including phenoxy) is 4. The molecule has 2 aromatic carbocycles. The number of amides is 1. The largest absolute Gasteiger partial charge is 0.493 e. The fourth-order valence-electron chi connectivity index (χ4n) is 4.03. The molecule has 1 aliphatic rings. The van der Waals surface area contributed by atoms with E-state index in [4.69, 9.17) is 31.2 Å². The van der Waals surface area contributed by atoms with Crippen LogP contribution in [0.15, 0.2) is 42.5 Å². The van der Waals surface area contributed by atoms with Crippen LogP contribution < -0.4 is 24.8 Å². The highest BCUT2D eigenvalue weighted by Gasteiger charge is 2.28. The van der Waals surface area contributed by atoms with E-state index < -0.39 is 0 Å². The topological polar surface area (TPSA) is 81.3 Å². The summed E-state index contributed by atoms with van der Waals surface area (Å²) in [6.07, 6.45) is 0. The Hall–Kier alpha value is -2.88. The molecule has 1 aliphatic heterocycles. The van der Waals surface area contributed by atoms with Crippen LogP contribution in [0.1, 0.15) is 28.9 Å². The number of rotatable bonds is 8. The Labute approximate surface area is 200 Å². The van der Waals surface area contributed by atoms with Crippen molar-refractivity contribution in [2.45, 2.75) is 19.0 Å². The molecule has 33 heavy (non-hydrogen) atoms. The molecule has 0 radical (unpaired) electrons. The minimum Gasteiger partial charge on any atom is -0.493 e. The van der Waals surface area contributed by atoms with Crippen molar-refractivity contribution in [2.24, 2.45) is 0 Å². The second-order valence-electron chi connectivity index (χ2n) is 7.63. The van der Waals surface area contributed by atoms with Gasteiger partial charge in [0.1, 0.15) is 0 Å². The third-order valence-corrected chi connectivity index (χ3v) is 5.79. The van der Waals surface area contributed by atoms with Gasteiger partial charge in [-0.15, -0.1) is 0 Å². The highest BCUT2D eigenvalue weighted by molar-refractivity contribution is 7.80. The number of nitrogens with one attached hydrogen (secondary N) is 2. The first kappa shape index (κ1) is 24.8. The molecule has 0 aromatic heterocycles. The highest BCUT2D eigenvalue weighted by Crippen LogP contribution is 2.38. The lowest BCUT2D eigenvalue weighted by Crippen LogP contribution is -2.51. The minimum absolute atomic E-state index is 0.0572. The van der Waals surface area contributed by atoms with E-state index in [1.54, 1.807) is 12.1 Å². The fourth-order valence-corrected chi connectivity index (χ4v) is 4.31. The van der Waals surface area contributed by atoms with Crippen molar-refractivity contribution >= 4 is 23.2 Å². The SMILES string of the molecule is COc1cc(C(=O)NC(=S)NC(C)C(c2ccccc2)N2CCOCC2)cc(OC)c1OC. The van der Waals surface area contributed by atoms with Gasteiger partial charge >= 0.3 is 0 Å².